The van der Waals surface area contributed by atoms with E-state index < -0.39 is 0 Å². The summed E-state index contributed by atoms with van der Waals surface area (Å²) in [5, 5.41) is 2.36. The number of hydrogen-bond acceptors (Lipinski definition) is 6. The van der Waals surface area contributed by atoms with Gasteiger partial charge in [-0.05, 0) is 189 Å². The molecule has 14 rings (SSSR count). The van der Waals surface area contributed by atoms with Gasteiger partial charge in [0.1, 0.15) is 11.6 Å². The number of fused-ring (bicyclic) bond motifs is 5. The second-order valence-corrected chi connectivity index (χ2v) is 21.5. The summed E-state index contributed by atoms with van der Waals surface area (Å²) in [6.45, 7) is 4.74. The van der Waals surface area contributed by atoms with E-state index in [9.17, 15) is 0 Å². The highest BCUT2D eigenvalue weighted by molar-refractivity contribution is 6.10. The van der Waals surface area contributed by atoms with E-state index in [1.165, 1.54) is 27.6 Å². The van der Waals surface area contributed by atoms with Gasteiger partial charge < -0.3 is 9.80 Å². The van der Waals surface area contributed by atoms with E-state index in [1.54, 1.807) is 0 Å². The lowest BCUT2D eigenvalue weighted by Gasteiger charge is -2.29. The third-order valence-electron chi connectivity index (χ3n) is 16.1. The average molecular weight is 1070 g/mol. The summed E-state index contributed by atoms with van der Waals surface area (Å²) < 4.78 is 0. The van der Waals surface area contributed by atoms with Gasteiger partial charge in [-0.2, -0.15) is 0 Å². The van der Waals surface area contributed by atoms with Crippen LogP contribution in [0.3, 0.4) is 0 Å². The number of benzene rings is 11. The summed E-state index contributed by atoms with van der Waals surface area (Å²) in [7, 11) is 0. The fourth-order valence-electron chi connectivity index (χ4n) is 12.1. The zero-order valence-electron chi connectivity index (χ0n) is 46.2. The number of para-hydroxylation sites is 4. The van der Waals surface area contributed by atoms with Crippen molar-refractivity contribution in [1.29, 1.82) is 0 Å². The van der Waals surface area contributed by atoms with Crippen molar-refractivity contribution in [3.05, 3.63) is 327 Å². The van der Waals surface area contributed by atoms with Gasteiger partial charge in [-0.3, -0.25) is 9.80 Å². The van der Waals surface area contributed by atoms with Gasteiger partial charge in [-0.25, -0.2) is 9.97 Å². The molecular formula is C77H58N6. The highest BCUT2D eigenvalue weighted by atomic mass is 15.2. The average Bonchev–Trinajstić information content (AvgIpc) is 2.83. The summed E-state index contributed by atoms with van der Waals surface area (Å²) >= 11 is 0. The van der Waals surface area contributed by atoms with Crippen LogP contribution in [0.1, 0.15) is 25.0 Å². The predicted octanol–water partition coefficient (Wildman–Crippen LogP) is 21.1. The van der Waals surface area contributed by atoms with E-state index in [0.717, 1.165) is 96.1 Å². The second kappa shape index (κ2) is 21.7. The largest absolute Gasteiger partial charge is 0.311 e. The molecule has 2 heterocycles. The summed E-state index contributed by atoms with van der Waals surface area (Å²) in [5.74, 6) is 1.69. The molecule has 0 N–H and O–H groups in total. The molecule has 1 aliphatic carbocycles. The molecule has 13 aromatic rings. The van der Waals surface area contributed by atoms with Gasteiger partial charge >= 0.3 is 0 Å². The van der Waals surface area contributed by atoms with Crippen LogP contribution < -0.4 is 19.6 Å². The smallest absolute Gasteiger partial charge is 0.137 e. The Morgan fingerprint density at radius 3 is 1.01 bits per heavy atom. The number of pyridine rings is 2. The lowest BCUT2D eigenvalue weighted by Crippen LogP contribution is -2.18. The van der Waals surface area contributed by atoms with Crippen LogP contribution in [0.4, 0.5) is 68.5 Å². The van der Waals surface area contributed by atoms with Crippen LogP contribution in [0, 0.1) is 0 Å². The van der Waals surface area contributed by atoms with Crippen LogP contribution >= 0.6 is 0 Å². The first kappa shape index (κ1) is 50.4. The molecule has 0 aliphatic heterocycles. The summed E-state index contributed by atoms with van der Waals surface area (Å²) in [4.78, 5) is 19.1. The van der Waals surface area contributed by atoms with Gasteiger partial charge in [-0.1, -0.05) is 178 Å². The van der Waals surface area contributed by atoms with Crippen molar-refractivity contribution in [2.75, 3.05) is 19.6 Å². The summed E-state index contributed by atoms with van der Waals surface area (Å²) in [6.07, 6.45) is 3.76. The minimum Gasteiger partial charge on any atom is -0.311 e. The zero-order chi connectivity index (χ0) is 55.7. The Hall–Kier alpha value is -10.8. The Balaban J connectivity index is 0.792. The van der Waals surface area contributed by atoms with Gasteiger partial charge in [0, 0.05) is 74.4 Å². The van der Waals surface area contributed by atoms with Gasteiger partial charge in [-0.15, -0.1) is 0 Å². The maximum absolute atomic E-state index is 5.01. The maximum atomic E-state index is 5.01. The van der Waals surface area contributed by atoms with Gasteiger partial charge in [0.25, 0.3) is 0 Å². The van der Waals surface area contributed by atoms with E-state index in [0.29, 0.717) is 0 Å². The minimum absolute atomic E-state index is 0.371. The Labute approximate surface area is 485 Å². The van der Waals surface area contributed by atoms with E-state index >= 15 is 0 Å². The van der Waals surface area contributed by atoms with E-state index in [4.69, 9.17) is 9.97 Å². The third-order valence-corrected chi connectivity index (χ3v) is 16.1. The summed E-state index contributed by atoms with van der Waals surface area (Å²) in [5.41, 5.74) is 20.0. The molecule has 0 bridgehead atoms. The third kappa shape index (κ3) is 9.52. The monoisotopic (exact) mass is 1070 g/mol. The van der Waals surface area contributed by atoms with Crippen LogP contribution in [0.2, 0.25) is 0 Å². The molecule has 0 amide bonds. The number of hydrogen-bond donors (Lipinski definition) is 0. The zero-order valence-corrected chi connectivity index (χ0v) is 46.2. The van der Waals surface area contributed by atoms with Crippen molar-refractivity contribution in [2.24, 2.45) is 0 Å². The van der Waals surface area contributed by atoms with Crippen molar-refractivity contribution in [1.82, 2.24) is 9.97 Å². The topological polar surface area (TPSA) is 38.7 Å². The van der Waals surface area contributed by atoms with Gasteiger partial charge in [0.05, 0.1) is 5.69 Å². The summed E-state index contributed by atoms with van der Waals surface area (Å²) in [6, 6.07) is 108. The molecule has 0 saturated heterocycles. The van der Waals surface area contributed by atoms with E-state index in [-0.39, 0.29) is 5.41 Å². The Morgan fingerprint density at radius 1 is 0.265 bits per heavy atom. The molecule has 2 aromatic heterocycles. The first-order valence-corrected chi connectivity index (χ1v) is 28.3. The predicted molar refractivity (Wildman–Crippen MR) is 347 cm³/mol. The lowest BCUT2D eigenvalue weighted by molar-refractivity contribution is 0.661. The molecule has 6 nitrogen and oxygen atoms in total. The Morgan fingerprint density at radius 2 is 0.602 bits per heavy atom. The molecule has 0 spiro atoms. The lowest BCUT2D eigenvalue weighted by atomic mass is 9.81. The molecule has 0 saturated carbocycles. The molecular weight excluding hydrogens is 1010 g/mol. The Kier molecular flexibility index (Phi) is 13.2. The van der Waals surface area contributed by atoms with Crippen molar-refractivity contribution < 1.29 is 0 Å². The molecule has 83 heavy (non-hydrogen) atoms. The minimum atomic E-state index is -0.371. The first-order chi connectivity index (χ1) is 40.9. The van der Waals surface area contributed by atoms with Gasteiger partial charge in [0.15, 0.2) is 0 Å². The molecule has 396 valence electrons. The molecule has 0 fully saturated rings. The highest BCUT2D eigenvalue weighted by Crippen LogP contribution is 2.56. The van der Waals surface area contributed by atoms with Crippen LogP contribution in [0.5, 0.6) is 0 Å². The van der Waals surface area contributed by atoms with Crippen molar-refractivity contribution in [3.8, 4) is 33.4 Å². The number of aromatic nitrogens is 2. The van der Waals surface area contributed by atoms with Crippen LogP contribution in [0.25, 0.3) is 44.2 Å². The van der Waals surface area contributed by atoms with Crippen LogP contribution in [0.15, 0.2) is 316 Å². The number of rotatable bonds is 14. The molecule has 0 unspecified atom stereocenters. The number of nitrogens with zero attached hydrogens (tertiary/aromatic N) is 6. The van der Waals surface area contributed by atoms with Crippen LogP contribution in [-0.4, -0.2) is 9.97 Å². The molecule has 1 aliphatic rings. The van der Waals surface area contributed by atoms with Gasteiger partial charge in [0.2, 0.25) is 0 Å². The molecule has 0 atom stereocenters. The molecule has 11 aromatic carbocycles. The second-order valence-electron chi connectivity index (χ2n) is 21.5. The van der Waals surface area contributed by atoms with Crippen molar-refractivity contribution in [2.45, 2.75) is 19.3 Å². The van der Waals surface area contributed by atoms with E-state index in [1.807, 2.05) is 24.5 Å². The first-order valence-electron chi connectivity index (χ1n) is 28.3. The highest BCUT2D eigenvalue weighted by Gasteiger charge is 2.39. The normalized spacial score (nSPS) is 12.1. The molecule has 0 radical (unpaired) electrons. The van der Waals surface area contributed by atoms with Crippen molar-refractivity contribution in [3.63, 3.8) is 0 Å². The Bertz CT molecular complexity index is 4270. The van der Waals surface area contributed by atoms with E-state index in [2.05, 4.69) is 325 Å². The fraction of sp³-hybridized carbons (Fsp3) is 0.0390. The molecule has 6 heteroatoms. The SMILES string of the molecule is CC1(C)c2cc(N(c3ccc(-c4ccc(N(c5ccccc5)c5ccccc5)cc4)cc3)c3ccccn3)ccc2-c2c1cc(N(c1ccc(-c3ccc(N(c4ccccc4)c4ccccc4)cc3)cc1)c1ccccn1)c1ccccc21. The quantitative estimate of drug-likeness (QED) is 0.108. The standard InChI is InChI=1S/C77H58N6/c1-77(2)71-53-67(82(74-31-17-19-51-78-74)65-45-37-57(38-46-65)55-33-41-63(42-34-55)80(59-21-7-3-8-22-59)60-23-9-4-10-24-60)49-50-70(71)76-69-30-16-15-29-68(69)73(54-72(76)77)83(75-32-18-20-52-79-75)66-47-39-58(40-48-66)56-35-43-64(44-36-56)81(61-25-11-5-12-26-61)62-27-13-6-14-28-62/h3-54H,1-2H3. The van der Waals surface area contributed by atoms with Crippen molar-refractivity contribution >= 4 is 79.3 Å². The number of anilines is 12. The van der Waals surface area contributed by atoms with Crippen LogP contribution in [-0.2, 0) is 5.41 Å². The maximum Gasteiger partial charge on any atom is 0.137 e. The fourth-order valence-corrected chi connectivity index (χ4v) is 12.1.